The summed E-state index contributed by atoms with van der Waals surface area (Å²) in [7, 11) is 0. The van der Waals surface area contributed by atoms with E-state index >= 15 is 0 Å². The van der Waals surface area contributed by atoms with E-state index in [2.05, 4.69) is 0 Å². The molecule has 1 aromatic rings. The molecule has 0 fully saturated rings. The van der Waals surface area contributed by atoms with E-state index in [0.717, 1.165) is 4.73 Å². The maximum Gasteiger partial charge on any atom is 0.179 e. The first-order valence-electron chi connectivity index (χ1n) is 4.44. The van der Waals surface area contributed by atoms with Gasteiger partial charge >= 0.3 is 0 Å². The van der Waals surface area contributed by atoms with E-state index in [4.69, 9.17) is 0 Å². The molecule has 0 radical (unpaired) electrons. The lowest BCUT2D eigenvalue weighted by molar-refractivity contribution is 0.0956. The molecule has 1 rings (SSSR count). The van der Waals surface area contributed by atoms with Gasteiger partial charge in [-0.3, -0.25) is 9.59 Å². The molecular weight excluding hydrogens is 182 g/mol. The molecule has 1 heterocycles. The van der Waals surface area contributed by atoms with Crippen molar-refractivity contribution in [3.63, 3.8) is 0 Å². The topological polar surface area (TPSA) is 59.3 Å². The molecule has 0 amide bonds. The Hall–Kier alpha value is -1.58. The summed E-state index contributed by atoms with van der Waals surface area (Å²) in [4.78, 5) is 21.9. The first-order chi connectivity index (χ1) is 6.54. The second-order valence-corrected chi connectivity index (χ2v) is 3.17. The van der Waals surface area contributed by atoms with Gasteiger partial charge in [-0.15, -0.1) is 0 Å². The third-order valence-corrected chi connectivity index (χ3v) is 2.32. The standard InChI is InChI=1S/C10H13NO3/c1-4-9-8(5-12)6(2)10(7(3)13)11(9)14/h5,14H,4H2,1-3H3. The Balaban J connectivity index is 3.54. The van der Waals surface area contributed by atoms with Crippen LogP contribution in [0.5, 0.6) is 0 Å². The molecule has 4 nitrogen and oxygen atoms in total. The molecular formula is C10H13NO3. The lowest BCUT2D eigenvalue weighted by Gasteiger charge is -2.01. The Morgan fingerprint density at radius 2 is 2.14 bits per heavy atom. The Labute approximate surface area is 82.1 Å². The summed E-state index contributed by atoms with van der Waals surface area (Å²) in [5.41, 5.74) is 1.65. The molecule has 0 aromatic carbocycles. The smallest absolute Gasteiger partial charge is 0.179 e. The SMILES string of the molecule is CCc1c(C=O)c(C)c(C(C)=O)n1O. The Kier molecular flexibility index (Phi) is 2.74. The van der Waals surface area contributed by atoms with Crippen LogP contribution in [0, 0.1) is 6.92 Å². The molecule has 0 aliphatic rings. The fraction of sp³-hybridized carbons (Fsp3) is 0.400. The van der Waals surface area contributed by atoms with Crippen LogP contribution in [0.15, 0.2) is 0 Å². The van der Waals surface area contributed by atoms with Crippen LogP contribution in [0.3, 0.4) is 0 Å². The molecule has 0 aliphatic heterocycles. The molecule has 0 spiro atoms. The van der Waals surface area contributed by atoms with Gasteiger partial charge in [0, 0.05) is 12.5 Å². The maximum absolute atomic E-state index is 11.2. The van der Waals surface area contributed by atoms with Crippen molar-refractivity contribution in [2.45, 2.75) is 27.2 Å². The second kappa shape index (κ2) is 3.65. The summed E-state index contributed by atoms with van der Waals surface area (Å²) in [5.74, 6) is -0.243. The van der Waals surface area contributed by atoms with Gasteiger partial charge in [-0.25, -0.2) is 0 Å². The van der Waals surface area contributed by atoms with Crippen LogP contribution in [0.2, 0.25) is 0 Å². The highest BCUT2D eigenvalue weighted by molar-refractivity contribution is 5.97. The molecule has 1 N–H and O–H groups in total. The molecule has 4 heteroatoms. The van der Waals surface area contributed by atoms with E-state index in [1.165, 1.54) is 6.92 Å². The van der Waals surface area contributed by atoms with Crippen LogP contribution >= 0.6 is 0 Å². The number of aldehydes is 1. The van der Waals surface area contributed by atoms with Crippen molar-refractivity contribution >= 4 is 12.1 Å². The second-order valence-electron chi connectivity index (χ2n) is 3.17. The van der Waals surface area contributed by atoms with Gasteiger partial charge in [0.2, 0.25) is 0 Å². The highest BCUT2D eigenvalue weighted by Crippen LogP contribution is 2.20. The van der Waals surface area contributed by atoms with Crippen LogP contribution in [0.1, 0.15) is 46.0 Å². The van der Waals surface area contributed by atoms with Crippen LogP contribution < -0.4 is 0 Å². The number of rotatable bonds is 3. The lowest BCUT2D eigenvalue weighted by atomic mass is 10.1. The summed E-state index contributed by atoms with van der Waals surface area (Å²) < 4.78 is 0.821. The molecule has 0 saturated carbocycles. The Morgan fingerprint density at radius 1 is 1.57 bits per heavy atom. The number of aromatic nitrogens is 1. The Morgan fingerprint density at radius 3 is 2.43 bits per heavy atom. The number of nitrogens with zero attached hydrogens (tertiary/aromatic N) is 1. The first-order valence-corrected chi connectivity index (χ1v) is 4.44. The van der Waals surface area contributed by atoms with Crippen molar-refractivity contribution in [2.75, 3.05) is 0 Å². The fourth-order valence-corrected chi connectivity index (χ4v) is 1.66. The summed E-state index contributed by atoms with van der Waals surface area (Å²) in [6.45, 7) is 4.84. The van der Waals surface area contributed by atoms with Crippen LogP contribution in [0.4, 0.5) is 0 Å². The van der Waals surface area contributed by atoms with E-state index in [9.17, 15) is 14.8 Å². The van der Waals surface area contributed by atoms with Gasteiger partial charge in [0.15, 0.2) is 12.1 Å². The van der Waals surface area contributed by atoms with Gasteiger partial charge in [0.1, 0.15) is 5.69 Å². The van der Waals surface area contributed by atoms with Crippen LogP contribution in [-0.4, -0.2) is 22.0 Å². The molecule has 0 unspecified atom stereocenters. The van der Waals surface area contributed by atoms with Crippen LogP contribution in [-0.2, 0) is 6.42 Å². The molecule has 76 valence electrons. The van der Waals surface area contributed by atoms with Gasteiger partial charge in [0.05, 0.1) is 5.69 Å². The zero-order chi connectivity index (χ0) is 10.9. The Bertz CT molecular complexity index is 391. The largest absolute Gasteiger partial charge is 0.428 e. The number of carbonyl (C=O) groups excluding carboxylic acids is 2. The van der Waals surface area contributed by atoms with E-state index in [1.807, 2.05) is 6.92 Å². The zero-order valence-corrected chi connectivity index (χ0v) is 8.50. The van der Waals surface area contributed by atoms with Crippen molar-refractivity contribution in [3.8, 4) is 0 Å². The van der Waals surface area contributed by atoms with Gasteiger partial charge in [-0.2, -0.15) is 4.73 Å². The van der Waals surface area contributed by atoms with E-state index in [0.29, 0.717) is 29.5 Å². The number of carbonyl (C=O) groups is 2. The zero-order valence-electron chi connectivity index (χ0n) is 8.50. The minimum absolute atomic E-state index is 0.198. The maximum atomic E-state index is 11.2. The van der Waals surface area contributed by atoms with Crippen molar-refractivity contribution in [1.29, 1.82) is 0 Å². The number of hydrogen-bond acceptors (Lipinski definition) is 3. The number of hydrogen-bond donors (Lipinski definition) is 1. The molecule has 0 aliphatic carbocycles. The summed E-state index contributed by atoms with van der Waals surface area (Å²) >= 11 is 0. The first kappa shape index (κ1) is 10.5. The number of Topliss-reactive ketones (excluding diaryl/α,β-unsaturated/α-hetero) is 1. The molecule has 1 aromatic heterocycles. The van der Waals surface area contributed by atoms with E-state index in [1.54, 1.807) is 6.92 Å². The highest BCUT2D eigenvalue weighted by atomic mass is 16.5. The normalized spacial score (nSPS) is 10.2. The van der Waals surface area contributed by atoms with Gasteiger partial charge in [0.25, 0.3) is 0 Å². The van der Waals surface area contributed by atoms with Crippen molar-refractivity contribution in [1.82, 2.24) is 4.73 Å². The van der Waals surface area contributed by atoms with Crippen molar-refractivity contribution in [3.05, 3.63) is 22.5 Å². The minimum atomic E-state index is -0.243. The average Bonchev–Trinajstić information content (AvgIpc) is 2.36. The fourth-order valence-electron chi connectivity index (χ4n) is 1.66. The molecule has 0 bridgehead atoms. The van der Waals surface area contributed by atoms with Crippen molar-refractivity contribution in [2.24, 2.45) is 0 Å². The molecule has 0 saturated heterocycles. The average molecular weight is 195 g/mol. The van der Waals surface area contributed by atoms with Crippen LogP contribution in [0.25, 0.3) is 0 Å². The monoisotopic (exact) mass is 195 g/mol. The summed E-state index contributed by atoms with van der Waals surface area (Å²) in [6, 6.07) is 0. The summed E-state index contributed by atoms with van der Waals surface area (Å²) in [5, 5.41) is 9.63. The quantitative estimate of drug-likeness (QED) is 0.453. The van der Waals surface area contributed by atoms with E-state index < -0.39 is 0 Å². The van der Waals surface area contributed by atoms with E-state index in [-0.39, 0.29) is 11.5 Å². The third-order valence-electron chi connectivity index (χ3n) is 2.32. The summed E-state index contributed by atoms with van der Waals surface area (Å²) in [6.07, 6.45) is 1.19. The van der Waals surface area contributed by atoms with Gasteiger partial charge < -0.3 is 5.21 Å². The third kappa shape index (κ3) is 1.32. The highest BCUT2D eigenvalue weighted by Gasteiger charge is 2.20. The predicted molar refractivity (Wildman–Crippen MR) is 51.1 cm³/mol. The minimum Gasteiger partial charge on any atom is -0.428 e. The van der Waals surface area contributed by atoms with Gasteiger partial charge in [-0.1, -0.05) is 6.92 Å². The lowest BCUT2D eigenvalue weighted by Crippen LogP contribution is -2.06. The molecule has 14 heavy (non-hydrogen) atoms. The molecule has 0 atom stereocenters. The van der Waals surface area contributed by atoms with Crippen molar-refractivity contribution < 1.29 is 14.8 Å². The van der Waals surface area contributed by atoms with Gasteiger partial charge in [-0.05, 0) is 18.9 Å². The number of ketones is 1. The predicted octanol–water partition coefficient (Wildman–Crippen LogP) is 1.61.